The molecule has 10 rings (SSSR count). The number of nitrogens with zero attached hydrogens (tertiary/aromatic N) is 6. The number of phenolic OH excluding ortho intramolecular Hbond substituents is 1. The van der Waals surface area contributed by atoms with Gasteiger partial charge in [-0.05, 0) is 82.9 Å². The minimum Gasteiger partial charge on any atom is -0.508 e. The lowest BCUT2D eigenvalue weighted by Gasteiger charge is -2.46. The number of esters is 1. The van der Waals surface area contributed by atoms with Crippen molar-refractivity contribution in [1.29, 1.82) is 0 Å². The van der Waals surface area contributed by atoms with Crippen molar-refractivity contribution in [2.75, 3.05) is 63.4 Å². The van der Waals surface area contributed by atoms with Gasteiger partial charge in [-0.15, -0.1) is 0 Å². The minimum absolute atomic E-state index is 0.0346. The van der Waals surface area contributed by atoms with Gasteiger partial charge in [0.2, 0.25) is 17.8 Å². The van der Waals surface area contributed by atoms with Gasteiger partial charge in [0.25, 0.3) is 0 Å². The second kappa shape index (κ2) is 18.9. The molecule has 4 aliphatic rings. The highest BCUT2D eigenvalue weighted by Crippen LogP contribution is 2.66. The van der Waals surface area contributed by atoms with Crippen LogP contribution in [0, 0.1) is 17.8 Å². The summed E-state index contributed by atoms with van der Waals surface area (Å²) in [4.78, 5) is 78.1. The van der Waals surface area contributed by atoms with Gasteiger partial charge in [0.1, 0.15) is 35.7 Å². The Labute approximate surface area is 398 Å². The van der Waals surface area contributed by atoms with Crippen molar-refractivity contribution in [3.8, 4) is 23.3 Å². The van der Waals surface area contributed by atoms with Gasteiger partial charge in [0.05, 0.1) is 37.4 Å². The Hall–Kier alpha value is -8.06. The fraction of sp³-hybridized carbons (Fsp3) is 0.259. The molecule has 6 atom stereocenters. The van der Waals surface area contributed by atoms with E-state index in [2.05, 4.69) is 21.8 Å². The number of ether oxygens (including phenoxy) is 4. The summed E-state index contributed by atoms with van der Waals surface area (Å²) in [6.45, 7) is 1.05. The molecule has 3 saturated heterocycles. The first-order valence-corrected chi connectivity index (χ1v) is 22.7. The van der Waals surface area contributed by atoms with E-state index >= 15 is 14.4 Å². The third-order valence-electron chi connectivity index (χ3n) is 13.5. The Balaban J connectivity index is 1.23. The monoisotopic (exact) mass is 924 g/mol. The molecule has 6 aromatic rings. The van der Waals surface area contributed by atoms with E-state index in [9.17, 15) is 9.90 Å². The summed E-state index contributed by atoms with van der Waals surface area (Å²) in [7, 11) is 3.06. The maximum Gasteiger partial charge on any atom is 0.421 e. The van der Waals surface area contributed by atoms with E-state index in [-0.39, 0.29) is 37.7 Å². The minimum atomic E-state index is -2.02. The first kappa shape index (κ1) is 44.8. The van der Waals surface area contributed by atoms with E-state index in [0.717, 1.165) is 10.5 Å². The highest BCUT2D eigenvalue weighted by Gasteiger charge is 2.76. The Morgan fingerprint density at radius 2 is 1.39 bits per heavy atom. The number of piperazine rings is 1. The van der Waals surface area contributed by atoms with Crippen molar-refractivity contribution >= 4 is 35.5 Å². The van der Waals surface area contributed by atoms with Crippen LogP contribution >= 0.6 is 0 Å². The standard InChI is InChI=1S/C54H48N6O9/c1-66-32-33-68-53(65)59-43-25-18-36(15-14-35-16-23-41(67-2)24-17-35)34-42(43)54(51(59)64)44(49(62)57-28-30-58(31-29-57)52-55-26-9-27-56-52)46-50(63)69-47(38-12-7-4-8-13-38)45(37-10-5-3-6-11-37)60(46)48(54)39-19-21-40(61)22-20-39/h3-13,16-27,34,44-48,61H,28-33H2,1-2H3/t44-,45-,46-,47+,48+,54-/m0/s1. The van der Waals surface area contributed by atoms with E-state index in [4.69, 9.17) is 18.9 Å². The van der Waals surface area contributed by atoms with E-state index in [1.165, 1.54) is 19.2 Å². The fourth-order valence-electron chi connectivity index (χ4n) is 10.5. The van der Waals surface area contributed by atoms with Crippen LogP contribution in [0.4, 0.5) is 16.4 Å². The number of carbonyl (C=O) groups excluding carboxylic acids is 4. The third kappa shape index (κ3) is 7.97. The molecule has 348 valence electrons. The number of hydrogen-bond acceptors (Lipinski definition) is 13. The van der Waals surface area contributed by atoms with Gasteiger partial charge in [0.15, 0.2) is 0 Å². The number of methoxy groups -OCH3 is 2. The number of morpholine rings is 1. The van der Waals surface area contributed by atoms with Crippen LogP contribution in [0.2, 0.25) is 0 Å². The Morgan fingerprint density at radius 1 is 0.739 bits per heavy atom. The van der Waals surface area contributed by atoms with Gasteiger partial charge in [-0.1, -0.05) is 84.6 Å². The van der Waals surface area contributed by atoms with E-state index in [1.54, 1.807) is 72.9 Å². The van der Waals surface area contributed by atoms with Crippen molar-refractivity contribution < 1.29 is 43.2 Å². The fourth-order valence-corrected chi connectivity index (χ4v) is 10.5. The molecule has 1 spiro atoms. The largest absolute Gasteiger partial charge is 0.508 e. The SMILES string of the molecule is COCCOC(=O)N1C(=O)[C@@]2(c3cc(C#Cc4ccc(OC)cc4)ccc31)[C@H](C(=O)N1CCN(c3ncccn3)CC1)[C@H]1C(=O)O[C@H](c3ccccc3)[C@H](c3ccccc3)N1[C@@H]2c1ccc(O)cc1. The van der Waals surface area contributed by atoms with Gasteiger partial charge >= 0.3 is 12.1 Å². The van der Waals surface area contributed by atoms with Crippen LogP contribution in [0.15, 0.2) is 146 Å². The topological polar surface area (TPSA) is 164 Å². The molecule has 0 aliphatic carbocycles. The van der Waals surface area contributed by atoms with Crippen molar-refractivity contribution in [2.24, 2.45) is 5.92 Å². The van der Waals surface area contributed by atoms with Crippen LogP contribution in [-0.2, 0) is 34.0 Å². The second-order valence-corrected chi connectivity index (χ2v) is 17.2. The molecule has 1 aromatic heterocycles. The zero-order chi connectivity index (χ0) is 47.6. The molecule has 0 unspecified atom stereocenters. The Kier molecular flexibility index (Phi) is 12.3. The second-order valence-electron chi connectivity index (χ2n) is 17.2. The lowest BCUT2D eigenvalue weighted by atomic mass is 9.65. The number of phenols is 1. The molecule has 15 nitrogen and oxygen atoms in total. The number of benzene rings is 5. The molecule has 0 bridgehead atoms. The number of carbonyl (C=O) groups is 4. The van der Waals surface area contributed by atoms with E-state index in [0.29, 0.717) is 52.6 Å². The number of anilines is 2. The summed E-state index contributed by atoms with van der Waals surface area (Å²) in [5, 5.41) is 10.8. The van der Waals surface area contributed by atoms with Crippen molar-refractivity contribution in [1.82, 2.24) is 19.8 Å². The summed E-state index contributed by atoms with van der Waals surface area (Å²) < 4.78 is 22.9. The van der Waals surface area contributed by atoms with Crippen LogP contribution < -0.4 is 14.5 Å². The van der Waals surface area contributed by atoms with E-state index in [1.807, 2.05) is 82.6 Å². The van der Waals surface area contributed by atoms with Crippen molar-refractivity contribution in [3.05, 3.63) is 179 Å². The van der Waals surface area contributed by atoms with E-state index < -0.39 is 59.4 Å². The summed E-state index contributed by atoms with van der Waals surface area (Å²) in [6, 6.07) is 36.1. The highest BCUT2D eigenvalue weighted by atomic mass is 16.6. The predicted molar refractivity (Wildman–Crippen MR) is 253 cm³/mol. The van der Waals surface area contributed by atoms with Crippen LogP contribution in [-0.4, -0.2) is 108 Å². The molecular weight excluding hydrogens is 877 g/mol. The van der Waals surface area contributed by atoms with Crippen LogP contribution in [0.3, 0.4) is 0 Å². The molecule has 69 heavy (non-hydrogen) atoms. The normalized spacial score (nSPS) is 22.9. The molecule has 0 radical (unpaired) electrons. The molecule has 3 fully saturated rings. The van der Waals surface area contributed by atoms with Gasteiger partial charge in [-0.3, -0.25) is 19.3 Å². The molecule has 5 heterocycles. The third-order valence-corrected chi connectivity index (χ3v) is 13.5. The smallest absolute Gasteiger partial charge is 0.421 e. The molecular formula is C54H48N6O9. The van der Waals surface area contributed by atoms with Crippen LogP contribution in [0.1, 0.15) is 51.6 Å². The Morgan fingerprint density at radius 3 is 2.06 bits per heavy atom. The van der Waals surface area contributed by atoms with Gasteiger partial charge in [-0.2, -0.15) is 0 Å². The average Bonchev–Trinajstić information content (AvgIpc) is 3.85. The van der Waals surface area contributed by atoms with Gasteiger partial charge in [0, 0.05) is 56.8 Å². The molecule has 5 aromatic carbocycles. The number of rotatable bonds is 9. The van der Waals surface area contributed by atoms with Gasteiger partial charge in [-0.25, -0.2) is 19.7 Å². The summed E-state index contributed by atoms with van der Waals surface area (Å²) in [6.07, 6.45) is 1.43. The van der Waals surface area contributed by atoms with Gasteiger partial charge < -0.3 is 33.9 Å². The zero-order valence-corrected chi connectivity index (χ0v) is 37.9. The number of imide groups is 1. The maximum absolute atomic E-state index is 16.5. The summed E-state index contributed by atoms with van der Waals surface area (Å²) in [5.41, 5.74) is 1.58. The molecule has 15 heteroatoms. The van der Waals surface area contributed by atoms with Crippen molar-refractivity contribution in [2.45, 2.75) is 29.6 Å². The van der Waals surface area contributed by atoms with Crippen molar-refractivity contribution in [3.63, 3.8) is 0 Å². The van der Waals surface area contributed by atoms with Crippen LogP contribution in [0.5, 0.6) is 11.5 Å². The highest BCUT2D eigenvalue weighted by molar-refractivity contribution is 6.23. The summed E-state index contributed by atoms with van der Waals surface area (Å²) in [5.74, 6) is 4.17. The number of cyclic esters (lactones) is 1. The number of fused-ring (bicyclic) bond motifs is 3. The number of amides is 3. The molecule has 3 amide bonds. The quantitative estimate of drug-likeness (QED) is 0.0966. The number of aromatic nitrogens is 2. The maximum atomic E-state index is 16.5. The molecule has 4 aliphatic heterocycles. The average molecular weight is 925 g/mol. The lowest BCUT2D eigenvalue weighted by Crippen LogP contribution is -2.59. The van der Waals surface area contributed by atoms with Crippen LogP contribution in [0.25, 0.3) is 0 Å². The molecule has 1 N–H and O–H groups in total. The first-order valence-electron chi connectivity index (χ1n) is 22.7. The molecule has 0 saturated carbocycles. The Bertz CT molecular complexity index is 2920. The summed E-state index contributed by atoms with van der Waals surface area (Å²) >= 11 is 0. The zero-order valence-electron chi connectivity index (χ0n) is 37.9. The number of aromatic hydroxyl groups is 1. The lowest BCUT2D eigenvalue weighted by molar-refractivity contribution is -0.179. The first-order chi connectivity index (χ1) is 33.7. The number of hydrogen-bond donors (Lipinski definition) is 1. The predicted octanol–water partition coefficient (Wildman–Crippen LogP) is 6.39.